The van der Waals surface area contributed by atoms with Crippen LogP contribution in [0.4, 0.5) is 5.69 Å². The average molecular weight is 296 g/mol. The maximum Gasteiger partial charge on any atom is 0.283 e. The minimum absolute atomic E-state index is 0.0368. The number of hydrogen-bond donors (Lipinski definition) is 0. The Bertz CT molecular complexity index is 778. The maximum absolute atomic E-state index is 11.4. The van der Waals surface area contributed by atoms with E-state index in [1.165, 1.54) is 25.1 Å². The van der Waals surface area contributed by atoms with Gasteiger partial charge in [0, 0.05) is 5.56 Å². The first-order valence-corrected chi connectivity index (χ1v) is 6.43. The van der Waals surface area contributed by atoms with E-state index in [0.29, 0.717) is 11.1 Å². The Hall–Kier alpha value is -3.20. The first-order valence-electron chi connectivity index (χ1n) is 6.43. The number of ketones is 1. The van der Waals surface area contributed by atoms with Gasteiger partial charge in [-0.15, -0.1) is 0 Å². The van der Waals surface area contributed by atoms with Gasteiger partial charge >= 0.3 is 0 Å². The molecular formula is C16H12N2O4. The largest absolute Gasteiger partial charge is 0.489 e. The fourth-order valence-corrected chi connectivity index (χ4v) is 1.97. The van der Waals surface area contributed by atoms with Gasteiger partial charge in [-0.3, -0.25) is 14.9 Å². The summed E-state index contributed by atoms with van der Waals surface area (Å²) in [6.45, 7) is 1.38. The van der Waals surface area contributed by atoms with Crippen molar-refractivity contribution in [3.8, 4) is 11.8 Å². The van der Waals surface area contributed by atoms with Crippen molar-refractivity contribution in [2.75, 3.05) is 0 Å². The SMILES string of the molecule is CC(=O)c1ccc(OCc2ccccc2C#N)cc1[N+](=O)[O-]. The number of benzene rings is 2. The third-order valence-corrected chi connectivity index (χ3v) is 3.08. The molecule has 6 heteroatoms. The molecule has 0 spiro atoms. The van der Waals surface area contributed by atoms with Crippen LogP contribution in [0.25, 0.3) is 0 Å². The summed E-state index contributed by atoms with van der Waals surface area (Å²) in [5, 5.41) is 20.0. The van der Waals surface area contributed by atoms with E-state index in [9.17, 15) is 14.9 Å². The van der Waals surface area contributed by atoms with E-state index in [-0.39, 0.29) is 29.4 Å². The molecule has 2 rings (SSSR count). The van der Waals surface area contributed by atoms with Gasteiger partial charge in [-0.2, -0.15) is 5.26 Å². The molecule has 0 aliphatic heterocycles. The maximum atomic E-state index is 11.4. The Morgan fingerprint density at radius 2 is 2.05 bits per heavy atom. The highest BCUT2D eigenvalue weighted by molar-refractivity contribution is 5.98. The van der Waals surface area contributed by atoms with E-state index in [4.69, 9.17) is 10.00 Å². The summed E-state index contributed by atoms with van der Waals surface area (Å²) in [4.78, 5) is 21.8. The lowest BCUT2D eigenvalue weighted by Crippen LogP contribution is -2.02. The zero-order chi connectivity index (χ0) is 16.1. The van der Waals surface area contributed by atoms with E-state index >= 15 is 0 Å². The number of carbonyl (C=O) groups is 1. The number of ether oxygens (including phenoxy) is 1. The summed E-state index contributed by atoms with van der Waals surface area (Å²) in [6.07, 6.45) is 0. The van der Waals surface area contributed by atoms with E-state index in [2.05, 4.69) is 6.07 Å². The van der Waals surface area contributed by atoms with E-state index < -0.39 is 4.92 Å². The summed E-state index contributed by atoms with van der Waals surface area (Å²) in [5.74, 6) is -0.113. The third-order valence-electron chi connectivity index (χ3n) is 3.08. The molecule has 0 aliphatic carbocycles. The van der Waals surface area contributed by atoms with Gasteiger partial charge in [-0.25, -0.2) is 0 Å². The summed E-state index contributed by atoms with van der Waals surface area (Å²) in [5.41, 5.74) is 0.911. The number of Topliss-reactive ketones (excluding diaryl/α,β-unsaturated/α-hetero) is 1. The van der Waals surface area contributed by atoms with E-state index in [0.717, 1.165) is 0 Å². The molecule has 0 bridgehead atoms. The molecule has 0 N–H and O–H groups in total. The normalized spacial score (nSPS) is 9.82. The molecule has 0 aromatic heterocycles. The van der Waals surface area contributed by atoms with Gasteiger partial charge in [0.2, 0.25) is 0 Å². The van der Waals surface area contributed by atoms with Crippen molar-refractivity contribution in [3.05, 3.63) is 69.3 Å². The second kappa shape index (κ2) is 6.50. The molecule has 0 heterocycles. The molecule has 22 heavy (non-hydrogen) atoms. The number of hydrogen-bond acceptors (Lipinski definition) is 5. The smallest absolute Gasteiger partial charge is 0.283 e. The number of nitrogens with zero attached hydrogens (tertiary/aromatic N) is 2. The molecule has 0 amide bonds. The fourth-order valence-electron chi connectivity index (χ4n) is 1.97. The third kappa shape index (κ3) is 3.27. The Kier molecular flexibility index (Phi) is 4.49. The minimum atomic E-state index is -0.618. The highest BCUT2D eigenvalue weighted by Crippen LogP contribution is 2.26. The highest BCUT2D eigenvalue weighted by Gasteiger charge is 2.18. The van der Waals surface area contributed by atoms with Crippen LogP contribution in [0.5, 0.6) is 5.75 Å². The molecule has 0 aliphatic rings. The summed E-state index contributed by atoms with van der Waals surface area (Å²) < 4.78 is 5.49. The van der Waals surface area contributed by atoms with Crippen LogP contribution in [0.3, 0.4) is 0 Å². The minimum Gasteiger partial charge on any atom is -0.489 e. The van der Waals surface area contributed by atoms with Gasteiger partial charge in [-0.1, -0.05) is 18.2 Å². The lowest BCUT2D eigenvalue weighted by atomic mass is 10.1. The molecule has 2 aromatic rings. The first-order chi connectivity index (χ1) is 10.5. The van der Waals surface area contributed by atoms with Gasteiger partial charge in [0.25, 0.3) is 5.69 Å². The van der Waals surface area contributed by atoms with Crippen LogP contribution in [-0.4, -0.2) is 10.7 Å². The standard InChI is InChI=1S/C16H12N2O4/c1-11(19)15-7-6-14(8-16(15)18(20)21)22-10-13-5-3-2-4-12(13)9-17/h2-8H,10H2,1H3. The molecule has 0 fully saturated rings. The van der Waals surface area contributed by atoms with Crippen LogP contribution >= 0.6 is 0 Å². The Morgan fingerprint density at radius 3 is 2.68 bits per heavy atom. The molecule has 110 valence electrons. The van der Waals surface area contributed by atoms with Crippen LogP contribution in [-0.2, 0) is 6.61 Å². The number of carbonyl (C=O) groups excluding carboxylic acids is 1. The molecule has 0 saturated carbocycles. The predicted octanol–water partition coefficient (Wildman–Crippen LogP) is 3.25. The number of nitriles is 1. The second-order valence-corrected chi connectivity index (χ2v) is 4.55. The fraction of sp³-hybridized carbons (Fsp3) is 0.125. The zero-order valence-corrected chi connectivity index (χ0v) is 11.8. The molecule has 2 aromatic carbocycles. The highest BCUT2D eigenvalue weighted by atomic mass is 16.6. The quantitative estimate of drug-likeness (QED) is 0.479. The average Bonchev–Trinajstić information content (AvgIpc) is 2.52. The molecular weight excluding hydrogens is 284 g/mol. The van der Waals surface area contributed by atoms with E-state index in [1.54, 1.807) is 24.3 Å². The number of nitro benzene ring substituents is 1. The molecule has 0 saturated heterocycles. The summed E-state index contributed by atoms with van der Waals surface area (Å²) in [6, 6.07) is 13.1. The summed E-state index contributed by atoms with van der Waals surface area (Å²) in [7, 11) is 0. The monoisotopic (exact) mass is 296 g/mol. The van der Waals surface area contributed by atoms with Crippen molar-refractivity contribution >= 4 is 11.5 Å². The number of nitro groups is 1. The second-order valence-electron chi connectivity index (χ2n) is 4.55. The van der Waals surface area contributed by atoms with Gasteiger partial charge in [0.05, 0.1) is 28.2 Å². The molecule has 0 radical (unpaired) electrons. The first kappa shape index (κ1) is 15.2. The summed E-state index contributed by atoms with van der Waals surface area (Å²) >= 11 is 0. The topological polar surface area (TPSA) is 93.2 Å². The van der Waals surface area contributed by atoms with Crippen LogP contribution in [0.2, 0.25) is 0 Å². The predicted molar refractivity (Wildman–Crippen MR) is 78.6 cm³/mol. The van der Waals surface area contributed by atoms with Crippen LogP contribution in [0, 0.1) is 21.4 Å². The van der Waals surface area contributed by atoms with Gasteiger partial charge < -0.3 is 4.74 Å². The van der Waals surface area contributed by atoms with Crippen LogP contribution < -0.4 is 4.74 Å². The Labute approximate surface area is 126 Å². The molecule has 0 atom stereocenters. The Morgan fingerprint density at radius 1 is 1.32 bits per heavy atom. The van der Waals surface area contributed by atoms with Crippen molar-refractivity contribution in [2.45, 2.75) is 13.5 Å². The van der Waals surface area contributed by atoms with Gasteiger partial charge in [0.1, 0.15) is 12.4 Å². The van der Waals surface area contributed by atoms with Crippen LogP contribution in [0.1, 0.15) is 28.4 Å². The van der Waals surface area contributed by atoms with Crippen molar-refractivity contribution in [2.24, 2.45) is 0 Å². The molecule has 6 nitrogen and oxygen atoms in total. The zero-order valence-electron chi connectivity index (χ0n) is 11.8. The van der Waals surface area contributed by atoms with Gasteiger partial charge in [-0.05, 0) is 25.1 Å². The van der Waals surface area contributed by atoms with Crippen molar-refractivity contribution in [1.82, 2.24) is 0 Å². The Balaban J connectivity index is 2.24. The van der Waals surface area contributed by atoms with Crippen molar-refractivity contribution < 1.29 is 14.5 Å². The van der Waals surface area contributed by atoms with Gasteiger partial charge in [0.15, 0.2) is 5.78 Å². The van der Waals surface area contributed by atoms with Crippen LogP contribution in [0.15, 0.2) is 42.5 Å². The van der Waals surface area contributed by atoms with Crippen molar-refractivity contribution in [1.29, 1.82) is 5.26 Å². The molecule has 0 unspecified atom stereocenters. The lowest BCUT2D eigenvalue weighted by molar-refractivity contribution is -0.385. The lowest BCUT2D eigenvalue weighted by Gasteiger charge is -2.08. The number of rotatable bonds is 5. The van der Waals surface area contributed by atoms with E-state index in [1.807, 2.05) is 0 Å². The van der Waals surface area contributed by atoms with Crippen molar-refractivity contribution in [3.63, 3.8) is 0 Å².